The maximum atomic E-state index is 9.20. The molecule has 0 amide bonds. The summed E-state index contributed by atoms with van der Waals surface area (Å²) in [6.07, 6.45) is 3.04. The normalized spacial score (nSPS) is 16.0. The van der Waals surface area contributed by atoms with Gasteiger partial charge in [0.25, 0.3) is 0 Å². The van der Waals surface area contributed by atoms with E-state index in [0.29, 0.717) is 5.76 Å². The summed E-state index contributed by atoms with van der Waals surface area (Å²) < 4.78 is 1.38. The number of hydrogen-bond donors (Lipinski definition) is 2. The van der Waals surface area contributed by atoms with Crippen LogP contribution in [0.2, 0.25) is 0 Å². The van der Waals surface area contributed by atoms with Gasteiger partial charge in [0.1, 0.15) is 12.0 Å². The monoisotopic (exact) mass is 423 g/mol. The lowest BCUT2D eigenvalue weighted by Crippen LogP contribution is -2.46. The molecule has 1 aromatic rings. The Labute approximate surface area is 155 Å². The molecule has 1 aliphatic rings. The van der Waals surface area contributed by atoms with E-state index in [4.69, 9.17) is 74.0 Å². The first-order valence-corrected chi connectivity index (χ1v) is 7.88. The van der Waals surface area contributed by atoms with Gasteiger partial charge < -0.3 is 14.8 Å². The van der Waals surface area contributed by atoms with Crippen molar-refractivity contribution in [3.8, 4) is 5.75 Å². The van der Waals surface area contributed by atoms with Crippen LogP contribution >= 0.6 is 69.6 Å². The molecule has 0 fully saturated rings. The van der Waals surface area contributed by atoms with Crippen LogP contribution < -0.4 is 5.32 Å². The van der Waals surface area contributed by atoms with Crippen molar-refractivity contribution in [2.45, 2.75) is 14.0 Å². The van der Waals surface area contributed by atoms with E-state index in [-0.39, 0.29) is 29.7 Å². The quantitative estimate of drug-likeness (QED) is 0.685. The highest BCUT2D eigenvalue weighted by molar-refractivity contribution is 6.79. The summed E-state index contributed by atoms with van der Waals surface area (Å²) in [5.41, 5.74) is 0. The second-order valence-corrected chi connectivity index (χ2v) is 8.64. The van der Waals surface area contributed by atoms with Crippen molar-refractivity contribution in [1.29, 1.82) is 0 Å². The highest BCUT2D eigenvalue weighted by Gasteiger charge is 2.37. The van der Waals surface area contributed by atoms with Crippen LogP contribution in [0.15, 0.2) is 38.6 Å². The molecule has 5 nitrogen and oxygen atoms in total. The molecule has 0 saturated carbocycles. The highest BCUT2D eigenvalue weighted by Crippen LogP contribution is 2.33. The fourth-order valence-electron chi connectivity index (χ4n) is 1.45. The number of aromatic hydroxyl groups is 1. The smallest absolute Gasteiger partial charge is 0.248 e. The van der Waals surface area contributed by atoms with Crippen molar-refractivity contribution < 1.29 is 9.52 Å². The van der Waals surface area contributed by atoms with Crippen LogP contribution in [0.25, 0.3) is 0 Å². The van der Waals surface area contributed by atoms with E-state index in [9.17, 15) is 5.11 Å². The van der Waals surface area contributed by atoms with Crippen molar-refractivity contribution in [3.05, 3.63) is 30.0 Å². The summed E-state index contributed by atoms with van der Waals surface area (Å²) in [4.78, 5) is 8.08. The van der Waals surface area contributed by atoms with Crippen molar-refractivity contribution in [3.63, 3.8) is 0 Å². The maximum Gasteiger partial charge on any atom is 0.248 e. The number of allylic oxidation sites excluding steroid dienone is 1. The molecule has 1 aromatic heterocycles. The van der Waals surface area contributed by atoms with Crippen molar-refractivity contribution >= 4 is 81.3 Å². The van der Waals surface area contributed by atoms with Gasteiger partial charge in [0.2, 0.25) is 7.59 Å². The zero-order valence-electron chi connectivity index (χ0n) is 10.5. The number of alkyl halides is 6. The van der Waals surface area contributed by atoms with E-state index < -0.39 is 7.59 Å². The molecule has 0 aromatic carbocycles. The lowest BCUT2D eigenvalue weighted by Gasteiger charge is -2.24. The van der Waals surface area contributed by atoms with Crippen molar-refractivity contribution in [2.75, 3.05) is 0 Å². The average molecular weight is 426 g/mol. The number of hydrogen-bond acceptors (Lipinski definition) is 5. The van der Waals surface area contributed by atoms with Crippen LogP contribution in [0, 0.1) is 0 Å². The van der Waals surface area contributed by atoms with E-state index in [1.54, 1.807) is 6.08 Å². The molecular formula is C11H7Cl6N3O2. The Hall–Kier alpha value is -0.300. The Morgan fingerprint density at radius 3 is 2.05 bits per heavy atom. The minimum atomic E-state index is -1.85. The van der Waals surface area contributed by atoms with Crippen LogP contribution in [0.5, 0.6) is 5.75 Å². The van der Waals surface area contributed by atoms with Gasteiger partial charge in [-0.25, -0.2) is 9.98 Å². The molecule has 2 N–H and O–H groups in total. The van der Waals surface area contributed by atoms with Crippen LogP contribution in [0.1, 0.15) is 5.76 Å². The molecule has 0 bridgehead atoms. The minimum Gasteiger partial charge on any atom is -0.505 e. The Kier molecular flexibility index (Phi) is 5.47. The van der Waals surface area contributed by atoms with Gasteiger partial charge in [-0.05, 0) is 6.08 Å². The predicted molar refractivity (Wildman–Crippen MR) is 90.7 cm³/mol. The van der Waals surface area contributed by atoms with Gasteiger partial charge in [-0.2, -0.15) is 0 Å². The van der Waals surface area contributed by atoms with E-state index in [0.717, 1.165) is 0 Å². The molecule has 1 aliphatic heterocycles. The van der Waals surface area contributed by atoms with Gasteiger partial charge in [-0.1, -0.05) is 69.6 Å². The molecule has 0 radical (unpaired) electrons. The third-order valence-electron chi connectivity index (χ3n) is 2.35. The number of aliphatic imine (C=N–C) groups is 2. The second-order valence-electron chi connectivity index (χ2n) is 4.08. The van der Waals surface area contributed by atoms with E-state index in [2.05, 4.69) is 15.3 Å². The third-order valence-corrected chi connectivity index (χ3v) is 3.43. The molecule has 2 heterocycles. The summed E-state index contributed by atoms with van der Waals surface area (Å²) in [5.74, 6) is 0.552. The molecule has 0 unspecified atom stereocenters. The van der Waals surface area contributed by atoms with Gasteiger partial charge in [-0.3, -0.25) is 0 Å². The molecule has 0 spiro atoms. The van der Waals surface area contributed by atoms with Crippen LogP contribution in [0.3, 0.4) is 0 Å². The fraction of sp³-hybridized carbons (Fsp3) is 0.273. The first-order valence-electron chi connectivity index (χ1n) is 5.61. The summed E-state index contributed by atoms with van der Waals surface area (Å²) in [5, 5.41) is 11.8. The fourth-order valence-corrected chi connectivity index (χ4v) is 1.99. The molecule has 11 heteroatoms. The largest absolute Gasteiger partial charge is 0.505 e. The maximum absolute atomic E-state index is 9.20. The Morgan fingerprint density at radius 1 is 1.09 bits per heavy atom. The molecule has 0 saturated heterocycles. The molecule has 0 aliphatic carbocycles. The number of amidine groups is 2. The zero-order valence-corrected chi connectivity index (χ0v) is 15.0. The number of nitrogens with zero attached hydrogens (tertiary/aromatic N) is 2. The number of furan rings is 1. The third kappa shape index (κ3) is 4.85. The molecule has 120 valence electrons. The van der Waals surface area contributed by atoms with Crippen molar-refractivity contribution in [2.24, 2.45) is 9.98 Å². The lowest BCUT2D eigenvalue weighted by atomic mass is 10.3. The summed E-state index contributed by atoms with van der Waals surface area (Å²) in [6, 6.07) is 1.44. The van der Waals surface area contributed by atoms with Gasteiger partial charge in [-0.15, -0.1) is 0 Å². The number of rotatable bonds is 2. The molecular weight excluding hydrogens is 419 g/mol. The standard InChI is InChI=1S/C11H7Cl6N3O2/c12-10(13,14)8-18-7(19-9(20-8)11(15,16)17)2-1-6-3-5(21)4-22-6/h2-4,21H,1H2,(H,18,19,20). The summed E-state index contributed by atoms with van der Waals surface area (Å²) in [6.45, 7) is 0. The molecule has 0 atom stereocenters. The predicted octanol–water partition coefficient (Wildman–Crippen LogP) is 4.51. The Balaban J connectivity index is 2.30. The van der Waals surface area contributed by atoms with Crippen LogP contribution in [-0.2, 0) is 6.42 Å². The van der Waals surface area contributed by atoms with Crippen LogP contribution in [0.4, 0.5) is 0 Å². The van der Waals surface area contributed by atoms with E-state index in [1.807, 2.05) is 0 Å². The first kappa shape index (κ1) is 18.0. The van der Waals surface area contributed by atoms with E-state index >= 15 is 0 Å². The summed E-state index contributed by atoms with van der Waals surface area (Å²) >= 11 is 34.7. The van der Waals surface area contributed by atoms with Gasteiger partial charge in [0, 0.05) is 12.5 Å². The van der Waals surface area contributed by atoms with Crippen molar-refractivity contribution in [1.82, 2.24) is 5.32 Å². The zero-order chi connectivity index (χ0) is 16.5. The summed E-state index contributed by atoms with van der Waals surface area (Å²) in [7, 11) is 0. The Morgan fingerprint density at radius 2 is 1.64 bits per heavy atom. The average Bonchev–Trinajstić information content (AvgIpc) is 2.80. The van der Waals surface area contributed by atoms with Crippen LogP contribution in [-0.4, -0.2) is 24.4 Å². The minimum absolute atomic E-state index is 0.00896. The van der Waals surface area contributed by atoms with E-state index in [1.165, 1.54) is 12.3 Å². The molecule has 2 rings (SSSR count). The Bertz CT molecular complexity index is 622. The topological polar surface area (TPSA) is 70.1 Å². The highest BCUT2D eigenvalue weighted by atomic mass is 35.6. The first-order chi connectivity index (χ1) is 10.1. The second kappa shape index (κ2) is 6.67. The SMILES string of the molecule is Oc1coc(CC=C2N=C(C(Cl)(Cl)Cl)NC(C(Cl)(Cl)Cl)=N2)c1. The van der Waals surface area contributed by atoms with Gasteiger partial charge in [0.05, 0.1) is 0 Å². The number of halogens is 6. The van der Waals surface area contributed by atoms with Gasteiger partial charge in [0.15, 0.2) is 23.2 Å². The lowest BCUT2D eigenvalue weighted by molar-refractivity contribution is 0.453. The van der Waals surface area contributed by atoms with Gasteiger partial charge >= 0.3 is 0 Å². The number of nitrogens with one attached hydrogen (secondary N) is 1. The molecule has 22 heavy (non-hydrogen) atoms.